The van der Waals surface area contributed by atoms with Gasteiger partial charge in [0.2, 0.25) is 0 Å². The van der Waals surface area contributed by atoms with Gasteiger partial charge in [0.05, 0.1) is 5.69 Å². The first-order valence-corrected chi connectivity index (χ1v) is 6.85. The van der Waals surface area contributed by atoms with Gasteiger partial charge in [-0.3, -0.25) is 4.68 Å². The Bertz CT molecular complexity index is 445. The molecule has 2 rings (SSSR count). The Morgan fingerprint density at radius 3 is 2.76 bits per heavy atom. The van der Waals surface area contributed by atoms with Gasteiger partial charge in [-0.15, -0.1) is 11.3 Å². The molecule has 2 heterocycles. The Balaban J connectivity index is 1.91. The lowest BCUT2D eigenvalue weighted by Crippen LogP contribution is -2.25. The monoisotopic (exact) mass is 249 g/mol. The van der Waals surface area contributed by atoms with Crippen LogP contribution in [0.25, 0.3) is 0 Å². The van der Waals surface area contributed by atoms with Gasteiger partial charge in [0, 0.05) is 29.6 Å². The highest BCUT2D eigenvalue weighted by atomic mass is 32.1. The maximum absolute atomic E-state index is 6.14. The second kappa shape index (κ2) is 5.47. The molecule has 2 aromatic rings. The molecule has 0 amide bonds. The van der Waals surface area contributed by atoms with E-state index < -0.39 is 0 Å². The highest BCUT2D eigenvalue weighted by Crippen LogP contribution is 2.13. The molecule has 0 aromatic carbocycles. The quantitative estimate of drug-likeness (QED) is 0.885. The number of nitrogens with zero attached hydrogens (tertiary/aromatic N) is 2. The zero-order valence-corrected chi connectivity index (χ0v) is 11.2. The minimum atomic E-state index is 0.157. The summed E-state index contributed by atoms with van der Waals surface area (Å²) in [5.74, 6) is 0. The van der Waals surface area contributed by atoms with E-state index in [9.17, 15) is 0 Å². The van der Waals surface area contributed by atoms with Crippen molar-refractivity contribution in [3.63, 3.8) is 0 Å². The van der Waals surface area contributed by atoms with Gasteiger partial charge in [-0.25, -0.2) is 0 Å². The van der Waals surface area contributed by atoms with Crippen molar-refractivity contribution in [2.45, 2.75) is 38.8 Å². The average molecular weight is 249 g/mol. The summed E-state index contributed by atoms with van der Waals surface area (Å²) >= 11 is 1.77. The van der Waals surface area contributed by atoms with Crippen LogP contribution in [-0.4, -0.2) is 15.8 Å². The zero-order valence-electron chi connectivity index (χ0n) is 10.3. The van der Waals surface area contributed by atoms with Crippen molar-refractivity contribution in [3.8, 4) is 0 Å². The molecule has 4 heteroatoms. The van der Waals surface area contributed by atoms with Crippen LogP contribution in [0.5, 0.6) is 0 Å². The normalized spacial score (nSPS) is 13.2. The van der Waals surface area contributed by atoms with Crippen molar-refractivity contribution in [2.24, 2.45) is 5.73 Å². The topological polar surface area (TPSA) is 43.8 Å². The van der Waals surface area contributed by atoms with E-state index in [0.29, 0.717) is 6.04 Å². The number of aromatic nitrogens is 2. The van der Waals surface area contributed by atoms with E-state index in [4.69, 9.17) is 5.73 Å². The van der Waals surface area contributed by atoms with E-state index in [1.165, 1.54) is 4.88 Å². The van der Waals surface area contributed by atoms with Crippen LogP contribution in [0.1, 0.15) is 30.5 Å². The summed E-state index contributed by atoms with van der Waals surface area (Å²) < 4.78 is 1.98. The third-order valence-corrected chi connectivity index (χ3v) is 3.61. The SMILES string of the molecule is CC(C)n1ccc(CC(N)Cc2cccs2)n1. The minimum absolute atomic E-state index is 0.157. The van der Waals surface area contributed by atoms with Gasteiger partial charge in [-0.1, -0.05) is 6.07 Å². The molecule has 0 aliphatic rings. The van der Waals surface area contributed by atoms with Crippen LogP contribution in [-0.2, 0) is 12.8 Å². The molecular weight excluding hydrogens is 230 g/mol. The molecule has 1 atom stereocenters. The van der Waals surface area contributed by atoms with Crippen LogP contribution in [0.15, 0.2) is 29.8 Å². The first kappa shape index (κ1) is 12.3. The first-order valence-electron chi connectivity index (χ1n) is 5.97. The van der Waals surface area contributed by atoms with Gasteiger partial charge in [-0.2, -0.15) is 5.10 Å². The predicted molar refractivity (Wildman–Crippen MR) is 72.3 cm³/mol. The highest BCUT2D eigenvalue weighted by molar-refractivity contribution is 7.09. The van der Waals surface area contributed by atoms with Gasteiger partial charge in [0.1, 0.15) is 0 Å². The number of hydrogen-bond donors (Lipinski definition) is 1. The Morgan fingerprint density at radius 1 is 1.35 bits per heavy atom. The van der Waals surface area contributed by atoms with E-state index >= 15 is 0 Å². The third-order valence-electron chi connectivity index (χ3n) is 2.71. The largest absolute Gasteiger partial charge is 0.327 e. The summed E-state index contributed by atoms with van der Waals surface area (Å²) in [6, 6.07) is 6.84. The van der Waals surface area contributed by atoms with Crippen molar-refractivity contribution < 1.29 is 0 Å². The van der Waals surface area contributed by atoms with Crippen molar-refractivity contribution in [1.29, 1.82) is 0 Å². The molecule has 2 aromatic heterocycles. The number of rotatable bonds is 5. The fourth-order valence-electron chi connectivity index (χ4n) is 1.80. The van der Waals surface area contributed by atoms with Gasteiger partial charge < -0.3 is 5.73 Å². The smallest absolute Gasteiger partial charge is 0.0640 e. The maximum atomic E-state index is 6.14. The second-order valence-corrected chi connectivity index (χ2v) is 5.66. The first-order chi connectivity index (χ1) is 8.15. The number of nitrogens with two attached hydrogens (primary N) is 1. The second-order valence-electron chi connectivity index (χ2n) is 4.63. The maximum Gasteiger partial charge on any atom is 0.0640 e. The molecule has 0 fully saturated rings. The number of thiophene rings is 1. The molecule has 3 nitrogen and oxygen atoms in total. The summed E-state index contributed by atoms with van der Waals surface area (Å²) in [6.45, 7) is 4.25. The van der Waals surface area contributed by atoms with Crippen LogP contribution < -0.4 is 5.73 Å². The van der Waals surface area contributed by atoms with Crippen LogP contribution >= 0.6 is 11.3 Å². The van der Waals surface area contributed by atoms with E-state index in [1.54, 1.807) is 11.3 Å². The Morgan fingerprint density at radius 2 is 2.18 bits per heavy atom. The molecule has 2 N–H and O–H groups in total. The van der Waals surface area contributed by atoms with Gasteiger partial charge in [-0.05, 0) is 37.8 Å². The molecule has 0 bridgehead atoms. The Kier molecular flexibility index (Phi) is 3.97. The van der Waals surface area contributed by atoms with Crippen LogP contribution in [0.2, 0.25) is 0 Å². The summed E-state index contributed by atoms with van der Waals surface area (Å²) in [4.78, 5) is 1.35. The predicted octanol–water partition coefficient (Wildman–Crippen LogP) is 2.64. The lowest BCUT2D eigenvalue weighted by atomic mass is 10.1. The fraction of sp³-hybridized carbons (Fsp3) is 0.462. The Labute approximate surface area is 106 Å². The lowest BCUT2D eigenvalue weighted by molar-refractivity contribution is 0.521. The van der Waals surface area contributed by atoms with E-state index in [-0.39, 0.29) is 6.04 Å². The van der Waals surface area contributed by atoms with Crippen molar-refractivity contribution in [2.75, 3.05) is 0 Å². The molecule has 0 saturated carbocycles. The lowest BCUT2D eigenvalue weighted by Gasteiger charge is -2.08. The van der Waals surface area contributed by atoms with Crippen LogP contribution in [0, 0.1) is 0 Å². The summed E-state index contributed by atoms with van der Waals surface area (Å²) in [5, 5.41) is 6.61. The summed E-state index contributed by atoms with van der Waals surface area (Å²) in [6.07, 6.45) is 3.81. The molecule has 0 saturated heterocycles. The molecule has 1 unspecified atom stereocenters. The standard InChI is InChI=1S/C13H19N3S/c1-10(2)16-6-5-12(15-16)8-11(14)9-13-4-3-7-17-13/h3-7,10-11H,8-9,14H2,1-2H3. The molecule has 0 radical (unpaired) electrons. The van der Waals surface area contributed by atoms with Crippen molar-refractivity contribution >= 4 is 11.3 Å². The fourth-order valence-corrected chi connectivity index (χ4v) is 2.60. The van der Waals surface area contributed by atoms with Crippen molar-refractivity contribution in [1.82, 2.24) is 9.78 Å². The number of hydrogen-bond acceptors (Lipinski definition) is 3. The molecule has 0 aliphatic heterocycles. The minimum Gasteiger partial charge on any atom is -0.327 e. The molecular formula is C13H19N3S. The molecule has 92 valence electrons. The van der Waals surface area contributed by atoms with Gasteiger partial charge in [0.15, 0.2) is 0 Å². The third kappa shape index (κ3) is 3.41. The summed E-state index contributed by atoms with van der Waals surface area (Å²) in [5.41, 5.74) is 7.23. The zero-order chi connectivity index (χ0) is 12.3. The van der Waals surface area contributed by atoms with E-state index in [0.717, 1.165) is 18.5 Å². The van der Waals surface area contributed by atoms with E-state index in [1.807, 2.05) is 10.9 Å². The molecule has 17 heavy (non-hydrogen) atoms. The van der Waals surface area contributed by atoms with Crippen molar-refractivity contribution in [3.05, 3.63) is 40.3 Å². The van der Waals surface area contributed by atoms with Gasteiger partial charge >= 0.3 is 0 Å². The average Bonchev–Trinajstić information content (AvgIpc) is 2.88. The Hall–Kier alpha value is -1.13. The van der Waals surface area contributed by atoms with E-state index in [2.05, 4.69) is 42.5 Å². The summed E-state index contributed by atoms with van der Waals surface area (Å²) in [7, 11) is 0. The molecule has 0 spiro atoms. The van der Waals surface area contributed by atoms with Gasteiger partial charge in [0.25, 0.3) is 0 Å². The van der Waals surface area contributed by atoms with Crippen LogP contribution in [0.3, 0.4) is 0 Å². The highest BCUT2D eigenvalue weighted by Gasteiger charge is 2.09. The van der Waals surface area contributed by atoms with Crippen LogP contribution in [0.4, 0.5) is 0 Å². The molecule has 0 aliphatic carbocycles.